The summed E-state index contributed by atoms with van der Waals surface area (Å²) in [6, 6.07) is 22.6. The van der Waals surface area contributed by atoms with Crippen LogP contribution in [0.3, 0.4) is 0 Å². The third-order valence-electron chi connectivity index (χ3n) is 5.34. The number of nitriles is 1. The third kappa shape index (κ3) is 4.89. The number of sulfonamides is 1. The minimum absolute atomic E-state index is 0.243. The molecule has 33 heavy (non-hydrogen) atoms. The van der Waals surface area contributed by atoms with Crippen molar-refractivity contribution in [1.29, 1.82) is 5.26 Å². The maximum atomic E-state index is 11.7. The van der Waals surface area contributed by atoms with Crippen LogP contribution in [0.2, 0.25) is 0 Å². The highest BCUT2D eigenvalue weighted by atomic mass is 32.2. The summed E-state index contributed by atoms with van der Waals surface area (Å²) in [5, 5.41) is 9.55. The Morgan fingerprint density at radius 2 is 1.55 bits per heavy atom. The molecule has 0 atom stereocenters. The highest BCUT2D eigenvalue weighted by molar-refractivity contribution is 7.92. The second-order valence-corrected chi connectivity index (χ2v) is 9.39. The van der Waals surface area contributed by atoms with Crippen molar-refractivity contribution in [3.8, 4) is 6.07 Å². The van der Waals surface area contributed by atoms with Gasteiger partial charge in [-0.05, 0) is 53.1 Å². The molecule has 8 heteroatoms. The lowest BCUT2D eigenvalue weighted by Gasteiger charge is -2.35. The van der Waals surface area contributed by atoms with Crippen LogP contribution in [-0.2, 0) is 21.9 Å². The number of rotatable bonds is 7. The predicted molar refractivity (Wildman–Crippen MR) is 126 cm³/mol. The van der Waals surface area contributed by atoms with Crippen LogP contribution >= 0.6 is 0 Å². The van der Waals surface area contributed by atoms with E-state index in [-0.39, 0.29) is 5.82 Å². The molecule has 0 aliphatic carbocycles. The number of nitrogens with zero attached hydrogens (tertiary/aromatic N) is 4. The number of anilines is 1. The average molecular weight is 456 g/mol. The lowest BCUT2D eigenvalue weighted by Crippen LogP contribution is -2.33. The molecule has 0 saturated heterocycles. The van der Waals surface area contributed by atoms with Gasteiger partial charge in [-0.15, -0.1) is 0 Å². The minimum atomic E-state index is -3.47. The molecule has 0 aliphatic rings. The maximum absolute atomic E-state index is 11.7. The van der Waals surface area contributed by atoms with Gasteiger partial charge in [0.25, 0.3) is 0 Å². The first kappa shape index (κ1) is 22.1. The fraction of sp³-hybridized carbons (Fsp3) is 0.120. The monoisotopic (exact) mass is 455 g/mol. The summed E-state index contributed by atoms with van der Waals surface area (Å²) in [5.41, 5.74) is 3.11. The molecule has 0 saturated carbocycles. The molecular formula is C25H21N5O2S. The van der Waals surface area contributed by atoms with Gasteiger partial charge in [-0.25, -0.2) is 13.4 Å². The normalized spacial score (nSPS) is 11.5. The number of benzene rings is 1. The van der Waals surface area contributed by atoms with Gasteiger partial charge >= 0.3 is 0 Å². The van der Waals surface area contributed by atoms with Crippen molar-refractivity contribution in [3.63, 3.8) is 0 Å². The van der Waals surface area contributed by atoms with Gasteiger partial charge in [0.05, 0.1) is 23.3 Å². The highest BCUT2D eigenvalue weighted by Crippen LogP contribution is 2.41. The van der Waals surface area contributed by atoms with Crippen molar-refractivity contribution in [3.05, 3.63) is 119 Å². The molecule has 1 N–H and O–H groups in total. The molecule has 3 heterocycles. The van der Waals surface area contributed by atoms with Gasteiger partial charge in [0, 0.05) is 36.9 Å². The van der Waals surface area contributed by atoms with Gasteiger partial charge in [0.1, 0.15) is 5.82 Å². The van der Waals surface area contributed by atoms with Gasteiger partial charge in [-0.2, -0.15) is 5.26 Å². The van der Waals surface area contributed by atoms with Crippen molar-refractivity contribution in [2.45, 2.75) is 11.8 Å². The topological polar surface area (TPSA) is 109 Å². The number of pyridine rings is 3. The van der Waals surface area contributed by atoms with Crippen LogP contribution < -0.4 is 4.72 Å². The van der Waals surface area contributed by atoms with Gasteiger partial charge in [-0.3, -0.25) is 14.7 Å². The first-order valence-electron chi connectivity index (χ1n) is 10.2. The predicted octanol–water partition coefficient (Wildman–Crippen LogP) is 3.69. The first-order valence-corrected chi connectivity index (χ1v) is 12.1. The van der Waals surface area contributed by atoms with E-state index < -0.39 is 15.4 Å². The van der Waals surface area contributed by atoms with Gasteiger partial charge in [0.15, 0.2) is 0 Å². The van der Waals surface area contributed by atoms with Crippen LogP contribution in [0.4, 0.5) is 5.82 Å². The summed E-state index contributed by atoms with van der Waals surface area (Å²) in [7, 11) is -3.47. The molecule has 0 spiro atoms. The van der Waals surface area contributed by atoms with Crippen LogP contribution in [0.5, 0.6) is 0 Å². The van der Waals surface area contributed by atoms with Crippen LogP contribution in [0.1, 0.15) is 27.9 Å². The molecule has 7 nitrogen and oxygen atoms in total. The summed E-state index contributed by atoms with van der Waals surface area (Å²) in [6.07, 6.45) is 8.48. The molecule has 1 aromatic carbocycles. The van der Waals surface area contributed by atoms with Crippen molar-refractivity contribution < 1.29 is 8.42 Å². The molecule has 4 aromatic rings. The fourth-order valence-electron chi connectivity index (χ4n) is 3.99. The number of nitrogens with one attached hydrogen (secondary N) is 1. The SMILES string of the molecule is CS(=O)(=O)Nc1cccc(CC(c2cccnc2)(c2cccnc2)c2cccc(C#N)c2)n1. The molecule has 4 rings (SSSR count). The number of hydrogen-bond acceptors (Lipinski definition) is 6. The van der Waals surface area contributed by atoms with Gasteiger partial charge < -0.3 is 0 Å². The smallest absolute Gasteiger partial charge is 0.230 e. The zero-order valence-electron chi connectivity index (χ0n) is 17.9. The van der Waals surface area contributed by atoms with Crippen molar-refractivity contribution >= 4 is 15.8 Å². The largest absolute Gasteiger partial charge is 0.268 e. The lowest BCUT2D eigenvalue weighted by molar-refractivity contribution is 0.597. The molecular weight excluding hydrogens is 434 g/mol. The van der Waals surface area contributed by atoms with E-state index in [4.69, 9.17) is 0 Å². The Bertz CT molecular complexity index is 1360. The molecule has 0 fully saturated rings. The zero-order valence-corrected chi connectivity index (χ0v) is 18.7. The molecule has 164 valence electrons. The van der Waals surface area contributed by atoms with E-state index in [0.29, 0.717) is 17.7 Å². The molecule has 0 aliphatic heterocycles. The third-order valence-corrected chi connectivity index (χ3v) is 5.92. The molecule has 0 bridgehead atoms. The summed E-state index contributed by atoms with van der Waals surface area (Å²) < 4.78 is 25.9. The van der Waals surface area contributed by atoms with Gasteiger partial charge in [-0.1, -0.05) is 30.3 Å². The van der Waals surface area contributed by atoms with Crippen LogP contribution in [-0.4, -0.2) is 29.6 Å². The van der Waals surface area contributed by atoms with E-state index in [2.05, 4.69) is 25.7 Å². The molecule has 0 radical (unpaired) electrons. The minimum Gasteiger partial charge on any atom is -0.268 e. The Morgan fingerprint density at radius 1 is 0.909 bits per heavy atom. The van der Waals surface area contributed by atoms with E-state index in [1.54, 1.807) is 43.0 Å². The van der Waals surface area contributed by atoms with Crippen molar-refractivity contribution in [2.75, 3.05) is 11.0 Å². The van der Waals surface area contributed by atoms with Crippen LogP contribution in [0.25, 0.3) is 0 Å². The Labute approximate surface area is 192 Å². The first-order chi connectivity index (χ1) is 15.9. The molecule has 0 unspecified atom stereocenters. The van der Waals surface area contributed by atoms with E-state index in [0.717, 1.165) is 22.9 Å². The Hall–Kier alpha value is -4.09. The highest BCUT2D eigenvalue weighted by Gasteiger charge is 2.38. The molecule has 3 aromatic heterocycles. The van der Waals surface area contributed by atoms with Crippen molar-refractivity contribution in [1.82, 2.24) is 15.0 Å². The summed E-state index contributed by atoms with van der Waals surface area (Å²) in [6.45, 7) is 0. The number of hydrogen-bond donors (Lipinski definition) is 1. The average Bonchev–Trinajstić information content (AvgIpc) is 2.83. The van der Waals surface area contributed by atoms with E-state index in [1.165, 1.54) is 0 Å². The van der Waals surface area contributed by atoms with Crippen molar-refractivity contribution in [2.24, 2.45) is 0 Å². The quantitative estimate of drug-likeness (QED) is 0.455. The summed E-state index contributed by atoms with van der Waals surface area (Å²) >= 11 is 0. The summed E-state index contributed by atoms with van der Waals surface area (Å²) in [4.78, 5) is 13.3. The summed E-state index contributed by atoms with van der Waals surface area (Å²) in [5.74, 6) is 0.243. The van der Waals surface area contributed by atoms with Gasteiger partial charge in [0.2, 0.25) is 10.0 Å². The molecule has 0 amide bonds. The Morgan fingerprint density at radius 3 is 2.12 bits per heavy atom. The lowest BCUT2D eigenvalue weighted by atomic mass is 9.67. The second kappa shape index (κ2) is 9.18. The maximum Gasteiger partial charge on any atom is 0.230 e. The Balaban J connectivity index is 1.97. The van der Waals surface area contributed by atoms with Crippen LogP contribution in [0.15, 0.2) is 91.5 Å². The second-order valence-electron chi connectivity index (χ2n) is 7.65. The standard InChI is InChI=1S/C25H21N5O2S/c1-33(31,32)30-24-11-3-10-23(29-24)15-25(21-8-4-12-27-17-21,22-9-5-13-28-18-22)20-7-2-6-19(14-20)16-26/h2-14,17-18H,15H2,1H3,(H,29,30). The van der Waals surface area contributed by atoms with E-state index >= 15 is 0 Å². The fourth-order valence-corrected chi connectivity index (χ4v) is 4.48. The zero-order chi connectivity index (χ0) is 23.3. The Kier molecular flexibility index (Phi) is 6.16. The number of aromatic nitrogens is 3. The van der Waals surface area contributed by atoms with Crippen LogP contribution in [0, 0.1) is 11.3 Å². The van der Waals surface area contributed by atoms with E-state index in [9.17, 15) is 13.7 Å². The van der Waals surface area contributed by atoms with E-state index in [1.807, 2.05) is 48.5 Å².